The molecule has 33 heavy (non-hydrogen) atoms. The Morgan fingerprint density at radius 1 is 0.788 bits per heavy atom. The van der Waals surface area contributed by atoms with Gasteiger partial charge in [-0.25, -0.2) is 0 Å². The zero-order chi connectivity index (χ0) is 23.4. The van der Waals surface area contributed by atoms with Gasteiger partial charge in [-0.2, -0.15) is 0 Å². The molecule has 0 saturated carbocycles. The van der Waals surface area contributed by atoms with E-state index in [0.717, 1.165) is 11.1 Å². The van der Waals surface area contributed by atoms with Crippen LogP contribution in [-0.2, 0) is 0 Å². The molecule has 2 aromatic carbocycles. The first kappa shape index (κ1) is 22.0. The van der Waals surface area contributed by atoms with Crippen LogP contribution in [0.3, 0.4) is 0 Å². The molecule has 0 aliphatic heterocycles. The minimum atomic E-state index is -0.347. The number of amides is 2. The van der Waals surface area contributed by atoms with Crippen LogP contribution >= 0.6 is 0 Å². The van der Waals surface area contributed by atoms with E-state index in [2.05, 4.69) is 20.9 Å². The third-order valence-corrected chi connectivity index (χ3v) is 5.22. The minimum absolute atomic E-state index is 0.217. The average molecular weight is 444 g/mol. The van der Waals surface area contributed by atoms with Crippen molar-refractivity contribution in [2.24, 2.45) is 0 Å². The average Bonchev–Trinajstić information content (AvgIpc) is 3.41. The van der Waals surface area contributed by atoms with Gasteiger partial charge in [-0.1, -0.05) is 71.0 Å². The lowest BCUT2D eigenvalue weighted by Gasteiger charge is -2.15. The summed E-state index contributed by atoms with van der Waals surface area (Å²) in [5.41, 5.74) is 3.29. The lowest BCUT2D eigenvalue weighted by Crippen LogP contribution is -2.42. The van der Waals surface area contributed by atoms with E-state index in [9.17, 15) is 9.59 Å². The van der Waals surface area contributed by atoms with Crippen molar-refractivity contribution in [3.8, 4) is 22.5 Å². The summed E-state index contributed by atoms with van der Waals surface area (Å²) < 4.78 is 10.5. The van der Waals surface area contributed by atoms with Gasteiger partial charge in [-0.15, -0.1) is 0 Å². The monoisotopic (exact) mass is 444 g/mol. The Balaban J connectivity index is 1.43. The van der Waals surface area contributed by atoms with Gasteiger partial charge >= 0.3 is 0 Å². The van der Waals surface area contributed by atoms with E-state index in [0.29, 0.717) is 34.0 Å². The molecule has 2 amide bonds. The number of aromatic nitrogens is 2. The van der Waals surface area contributed by atoms with E-state index in [-0.39, 0.29) is 24.4 Å². The molecule has 0 saturated heterocycles. The van der Waals surface area contributed by atoms with Crippen molar-refractivity contribution >= 4 is 11.8 Å². The highest BCUT2D eigenvalue weighted by molar-refractivity contribution is 6.02. The van der Waals surface area contributed by atoms with E-state index >= 15 is 0 Å². The molecule has 0 spiro atoms. The quantitative estimate of drug-likeness (QED) is 0.443. The molecule has 2 aromatic heterocycles. The van der Waals surface area contributed by atoms with E-state index in [1.165, 1.54) is 0 Å². The summed E-state index contributed by atoms with van der Waals surface area (Å²) in [4.78, 5) is 25.8. The predicted octanol–water partition coefficient (Wildman–Crippen LogP) is 4.16. The van der Waals surface area contributed by atoms with Gasteiger partial charge in [0, 0.05) is 23.7 Å². The van der Waals surface area contributed by atoms with E-state index in [4.69, 9.17) is 9.05 Å². The maximum absolute atomic E-state index is 12.9. The van der Waals surface area contributed by atoms with Gasteiger partial charge in [0.05, 0.1) is 0 Å². The van der Waals surface area contributed by atoms with Crippen molar-refractivity contribution in [1.82, 2.24) is 20.9 Å². The first-order chi connectivity index (χ1) is 16.0. The van der Waals surface area contributed by atoms with E-state index in [1.54, 1.807) is 13.8 Å². The number of carbonyl (C=O) groups excluding carboxylic acids is 2. The molecule has 2 N–H and O–H groups in total. The Hall–Kier alpha value is -4.20. The molecule has 4 aromatic rings. The smallest absolute Gasteiger partial charge is 0.257 e. The van der Waals surface area contributed by atoms with Gasteiger partial charge in [-0.05, 0) is 20.8 Å². The van der Waals surface area contributed by atoms with Crippen molar-refractivity contribution in [3.05, 3.63) is 83.3 Å². The molecule has 8 nitrogen and oxygen atoms in total. The van der Waals surface area contributed by atoms with Crippen molar-refractivity contribution in [2.45, 2.75) is 26.8 Å². The van der Waals surface area contributed by atoms with Crippen LogP contribution in [0.4, 0.5) is 0 Å². The Morgan fingerprint density at radius 3 is 1.73 bits per heavy atom. The zero-order valence-corrected chi connectivity index (χ0v) is 18.6. The number of hydrogen-bond donors (Lipinski definition) is 2. The molecule has 1 atom stereocenters. The molecular formula is C25H24N4O4. The minimum Gasteiger partial charge on any atom is -0.360 e. The highest BCUT2D eigenvalue weighted by Crippen LogP contribution is 2.26. The summed E-state index contributed by atoms with van der Waals surface area (Å²) in [5, 5.41) is 13.8. The van der Waals surface area contributed by atoms with Crippen LogP contribution in [0, 0.1) is 13.8 Å². The maximum Gasteiger partial charge on any atom is 0.257 e. The van der Waals surface area contributed by atoms with Crippen LogP contribution in [0.15, 0.2) is 69.7 Å². The zero-order valence-electron chi connectivity index (χ0n) is 18.6. The molecule has 0 aliphatic rings. The first-order valence-corrected chi connectivity index (χ1v) is 10.6. The normalized spacial score (nSPS) is 11.7. The predicted molar refractivity (Wildman–Crippen MR) is 123 cm³/mol. The maximum atomic E-state index is 12.9. The van der Waals surface area contributed by atoms with Gasteiger partial charge in [0.25, 0.3) is 11.8 Å². The molecule has 0 unspecified atom stereocenters. The second kappa shape index (κ2) is 9.52. The summed E-state index contributed by atoms with van der Waals surface area (Å²) in [6.07, 6.45) is 0. The fourth-order valence-electron chi connectivity index (χ4n) is 3.55. The second-order valence-electron chi connectivity index (χ2n) is 7.74. The van der Waals surface area contributed by atoms with Crippen molar-refractivity contribution in [1.29, 1.82) is 0 Å². The molecule has 8 heteroatoms. The molecule has 4 rings (SSSR count). The SMILES string of the molecule is Cc1onc(-c2ccccc2)c1C(=O)NC[C@H](C)NC(=O)c1c(-c2ccccc2)noc1C. The Kier molecular flexibility index (Phi) is 6.35. The van der Waals surface area contributed by atoms with Gasteiger partial charge in [0.2, 0.25) is 0 Å². The fourth-order valence-corrected chi connectivity index (χ4v) is 3.55. The molecule has 2 heterocycles. The number of nitrogens with one attached hydrogen (secondary N) is 2. The summed E-state index contributed by atoms with van der Waals surface area (Å²) in [6, 6.07) is 18.4. The van der Waals surface area contributed by atoms with Gasteiger partial charge < -0.3 is 19.7 Å². The molecule has 0 radical (unpaired) electrons. The standard InChI is InChI=1S/C25H24N4O4/c1-15(27-25(31)21-17(3)33-29-23(21)19-12-8-5-9-13-19)14-26-24(30)20-16(2)32-28-22(20)18-10-6-4-7-11-18/h4-13,15H,14H2,1-3H3,(H,26,30)(H,27,31)/t15-/m0/s1. The van der Waals surface area contributed by atoms with Crippen LogP contribution < -0.4 is 10.6 Å². The van der Waals surface area contributed by atoms with Crippen LogP contribution in [0.2, 0.25) is 0 Å². The lowest BCUT2D eigenvalue weighted by atomic mass is 10.1. The van der Waals surface area contributed by atoms with E-state index < -0.39 is 0 Å². The second-order valence-corrected chi connectivity index (χ2v) is 7.74. The highest BCUT2D eigenvalue weighted by Gasteiger charge is 2.24. The fraction of sp³-hybridized carbons (Fsp3) is 0.200. The van der Waals surface area contributed by atoms with Crippen LogP contribution in [-0.4, -0.2) is 34.7 Å². The summed E-state index contributed by atoms with van der Waals surface area (Å²) >= 11 is 0. The number of rotatable bonds is 7. The van der Waals surface area contributed by atoms with Gasteiger partial charge in [-0.3, -0.25) is 9.59 Å². The van der Waals surface area contributed by atoms with Gasteiger partial charge in [0.15, 0.2) is 0 Å². The van der Waals surface area contributed by atoms with Crippen molar-refractivity contribution in [2.75, 3.05) is 6.54 Å². The molecule has 0 bridgehead atoms. The van der Waals surface area contributed by atoms with Crippen molar-refractivity contribution < 1.29 is 18.6 Å². The highest BCUT2D eigenvalue weighted by atomic mass is 16.5. The third kappa shape index (κ3) is 4.69. The number of nitrogens with zero attached hydrogens (tertiary/aromatic N) is 2. The largest absolute Gasteiger partial charge is 0.360 e. The molecule has 168 valence electrons. The lowest BCUT2D eigenvalue weighted by molar-refractivity contribution is 0.0911. The van der Waals surface area contributed by atoms with Crippen LogP contribution in [0.25, 0.3) is 22.5 Å². The first-order valence-electron chi connectivity index (χ1n) is 10.6. The third-order valence-electron chi connectivity index (χ3n) is 5.22. The summed E-state index contributed by atoms with van der Waals surface area (Å²) in [7, 11) is 0. The number of carbonyl (C=O) groups is 2. The summed E-state index contributed by atoms with van der Waals surface area (Å²) in [6.45, 7) is 5.41. The molecule has 0 aliphatic carbocycles. The number of benzene rings is 2. The number of hydrogen-bond acceptors (Lipinski definition) is 6. The summed E-state index contributed by atoms with van der Waals surface area (Å²) in [5.74, 6) is 0.214. The Morgan fingerprint density at radius 2 is 1.24 bits per heavy atom. The Labute approximate surface area is 191 Å². The van der Waals surface area contributed by atoms with E-state index in [1.807, 2.05) is 67.6 Å². The number of aryl methyl sites for hydroxylation is 2. The van der Waals surface area contributed by atoms with Gasteiger partial charge in [0.1, 0.15) is 34.0 Å². The Bertz CT molecular complexity index is 1260. The van der Waals surface area contributed by atoms with Crippen LogP contribution in [0.5, 0.6) is 0 Å². The van der Waals surface area contributed by atoms with Crippen molar-refractivity contribution in [3.63, 3.8) is 0 Å². The topological polar surface area (TPSA) is 110 Å². The van der Waals surface area contributed by atoms with Crippen LogP contribution in [0.1, 0.15) is 39.2 Å². The molecule has 0 fully saturated rings. The molecular weight excluding hydrogens is 420 g/mol.